The Morgan fingerprint density at radius 2 is 1.86 bits per heavy atom. The highest BCUT2D eigenvalue weighted by atomic mass is 16.6. The third-order valence-corrected chi connectivity index (χ3v) is 5.44. The van der Waals surface area contributed by atoms with Gasteiger partial charge in [0.15, 0.2) is 0 Å². The van der Waals surface area contributed by atoms with Crippen LogP contribution in [0.15, 0.2) is 48.5 Å². The summed E-state index contributed by atoms with van der Waals surface area (Å²) in [6.07, 6.45) is 6.55. The molecular formula is C25H27N3O7. The Balaban J connectivity index is 0.000000509. The van der Waals surface area contributed by atoms with Gasteiger partial charge in [-0.05, 0) is 60.7 Å². The third-order valence-electron chi connectivity index (χ3n) is 5.44. The Kier molecular flexibility index (Phi) is 8.60. The first-order valence-electron chi connectivity index (χ1n) is 10.9. The number of carboxylic acid groups (broad SMARTS) is 2. The van der Waals surface area contributed by atoms with Gasteiger partial charge in [0, 0.05) is 28.2 Å². The molecule has 4 rings (SSSR count). The molecule has 184 valence electrons. The number of aryl methyl sites for hydroxylation is 1. The van der Waals surface area contributed by atoms with Crippen LogP contribution in [0.2, 0.25) is 0 Å². The minimum Gasteiger partial charge on any atom is -0.497 e. The number of carbonyl (C=O) groups excluding carboxylic acids is 1. The van der Waals surface area contributed by atoms with Crippen LogP contribution in [-0.4, -0.2) is 52.8 Å². The highest BCUT2D eigenvalue weighted by molar-refractivity contribution is 6.27. The fourth-order valence-corrected chi connectivity index (χ4v) is 3.70. The average Bonchev–Trinajstić information content (AvgIpc) is 3.21. The molecule has 1 heterocycles. The van der Waals surface area contributed by atoms with Crippen LogP contribution in [0.3, 0.4) is 0 Å². The van der Waals surface area contributed by atoms with Gasteiger partial charge in [-0.1, -0.05) is 24.3 Å². The van der Waals surface area contributed by atoms with Crippen LogP contribution in [0, 0.1) is 0 Å². The second kappa shape index (κ2) is 11.8. The van der Waals surface area contributed by atoms with Crippen molar-refractivity contribution in [2.45, 2.75) is 25.3 Å². The Labute approximate surface area is 201 Å². The molecule has 0 saturated heterocycles. The van der Waals surface area contributed by atoms with E-state index in [1.165, 1.54) is 11.3 Å². The number of aromatic amines is 1. The number of methoxy groups -OCH3 is 1. The number of nitrogens with one attached hydrogen (secondary N) is 2. The minimum absolute atomic E-state index is 0.180. The number of hydrogen-bond acceptors (Lipinski definition) is 6. The summed E-state index contributed by atoms with van der Waals surface area (Å²) in [7, 11) is 1.64. The summed E-state index contributed by atoms with van der Waals surface area (Å²) in [6.45, 7) is 0.272. The number of fused-ring (bicyclic) bond motifs is 3. The lowest BCUT2D eigenvalue weighted by atomic mass is 9.92. The van der Waals surface area contributed by atoms with Crippen molar-refractivity contribution in [3.63, 3.8) is 0 Å². The van der Waals surface area contributed by atoms with Gasteiger partial charge in [0.25, 0.3) is 5.91 Å². The predicted molar refractivity (Wildman–Crippen MR) is 129 cm³/mol. The zero-order valence-corrected chi connectivity index (χ0v) is 19.1. The lowest BCUT2D eigenvalue weighted by Gasteiger charge is -2.18. The molecule has 0 bridgehead atoms. The van der Waals surface area contributed by atoms with E-state index in [-0.39, 0.29) is 18.6 Å². The molecule has 3 aromatic rings. The summed E-state index contributed by atoms with van der Waals surface area (Å²) >= 11 is 0. The molecule has 2 aromatic carbocycles. The Morgan fingerprint density at radius 3 is 2.51 bits per heavy atom. The van der Waals surface area contributed by atoms with E-state index in [0.29, 0.717) is 5.56 Å². The standard InChI is InChI=1S/C23H25N3O3.C2H2O4/c1-28-18-8-4-15(5-9-18)3-2-12-29-26-23(27)16-6-10-21-19(13-16)20-14-17(24)7-11-22(20)25-21;3-1(4)2(5)6/h2-6,8-10,13,17,25H,7,11-12,14,24H2,1H3,(H,26,27);(H,3,4)(H,5,6)/b3-2+;. The molecule has 6 N–H and O–H groups in total. The fourth-order valence-electron chi connectivity index (χ4n) is 3.70. The first kappa shape index (κ1) is 25.5. The summed E-state index contributed by atoms with van der Waals surface area (Å²) in [5.41, 5.74) is 13.7. The molecule has 0 saturated carbocycles. The number of aliphatic carboxylic acids is 2. The van der Waals surface area contributed by atoms with E-state index in [4.69, 9.17) is 35.1 Å². The van der Waals surface area contributed by atoms with Gasteiger partial charge in [0.05, 0.1) is 13.7 Å². The molecule has 1 aliphatic rings. The van der Waals surface area contributed by atoms with E-state index in [1.807, 2.05) is 48.6 Å². The molecule has 1 aliphatic carbocycles. The van der Waals surface area contributed by atoms with Crippen LogP contribution >= 0.6 is 0 Å². The number of carbonyl (C=O) groups is 3. The molecule has 1 amide bonds. The van der Waals surface area contributed by atoms with Crippen molar-refractivity contribution in [3.05, 3.63) is 70.9 Å². The second-order valence-corrected chi connectivity index (χ2v) is 7.87. The van der Waals surface area contributed by atoms with E-state index in [9.17, 15) is 4.79 Å². The Bertz CT molecular complexity index is 1220. The van der Waals surface area contributed by atoms with Crippen molar-refractivity contribution in [3.8, 4) is 5.75 Å². The van der Waals surface area contributed by atoms with E-state index >= 15 is 0 Å². The van der Waals surface area contributed by atoms with Crippen LogP contribution in [0.5, 0.6) is 5.75 Å². The zero-order valence-electron chi connectivity index (χ0n) is 19.1. The molecule has 10 nitrogen and oxygen atoms in total. The highest BCUT2D eigenvalue weighted by Gasteiger charge is 2.20. The van der Waals surface area contributed by atoms with E-state index in [0.717, 1.165) is 41.5 Å². The monoisotopic (exact) mass is 481 g/mol. The molecule has 35 heavy (non-hydrogen) atoms. The maximum Gasteiger partial charge on any atom is 0.414 e. The van der Waals surface area contributed by atoms with Crippen LogP contribution in [0.1, 0.15) is 33.6 Å². The first-order chi connectivity index (χ1) is 16.8. The van der Waals surface area contributed by atoms with Gasteiger partial charge in [-0.3, -0.25) is 9.63 Å². The zero-order chi connectivity index (χ0) is 25.4. The molecule has 0 radical (unpaired) electrons. The summed E-state index contributed by atoms with van der Waals surface area (Å²) in [6, 6.07) is 13.5. The molecule has 1 aromatic heterocycles. The molecule has 0 fully saturated rings. The van der Waals surface area contributed by atoms with Crippen molar-refractivity contribution in [2.75, 3.05) is 13.7 Å². The Morgan fingerprint density at radius 1 is 1.14 bits per heavy atom. The van der Waals surface area contributed by atoms with E-state index < -0.39 is 11.9 Å². The smallest absolute Gasteiger partial charge is 0.414 e. The third kappa shape index (κ3) is 6.92. The topological polar surface area (TPSA) is 164 Å². The number of H-pyrrole nitrogens is 1. The second-order valence-electron chi connectivity index (χ2n) is 7.87. The average molecular weight is 482 g/mol. The normalized spacial score (nSPS) is 14.6. The van der Waals surface area contributed by atoms with Crippen LogP contribution in [0.4, 0.5) is 0 Å². The highest BCUT2D eigenvalue weighted by Crippen LogP contribution is 2.29. The fraction of sp³-hybridized carbons (Fsp3) is 0.240. The number of nitrogens with two attached hydrogens (primary N) is 1. The number of rotatable bonds is 6. The lowest BCUT2D eigenvalue weighted by Crippen LogP contribution is -2.27. The lowest BCUT2D eigenvalue weighted by molar-refractivity contribution is -0.159. The van der Waals surface area contributed by atoms with Crippen molar-refractivity contribution in [1.29, 1.82) is 0 Å². The largest absolute Gasteiger partial charge is 0.497 e. The number of hydroxylamine groups is 1. The summed E-state index contributed by atoms with van der Waals surface area (Å²) in [5.74, 6) is -3.10. The van der Waals surface area contributed by atoms with Crippen molar-refractivity contribution in [2.24, 2.45) is 5.73 Å². The van der Waals surface area contributed by atoms with Crippen molar-refractivity contribution < 1.29 is 34.2 Å². The molecule has 10 heteroatoms. The van der Waals surface area contributed by atoms with Gasteiger partial charge in [0.1, 0.15) is 5.75 Å². The number of aromatic nitrogens is 1. The molecule has 0 aliphatic heterocycles. The van der Waals surface area contributed by atoms with Gasteiger partial charge in [-0.2, -0.15) is 0 Å². The first-order valence-corrected chi connectivity index (χ1v) is 10.9. The van der Waals surface area contributed by atoms with Gasteiger partial charge in [-0.25, -0.2) is 15.1 Å². The van der Waals surface area contributed by atoms with E-state index in [2.05, 4.69) is 10.5 Å². The summed E-state index contributed by atoms with van der Waals surface area (Å²) < 4.78 is 5.13. The van der Waals surface area contributed by atoms with Crippen LogP contribution in [0.25, 0.3) is 17.0 Å². The Hall–Kier alpha value is -4.15. The quantitative estimate of drug-likeness (QED) is 0.204. The molecular weight excluding hydrogens is 454 g/mol. The molecule has 1 unspecified atom stereocenters. The van der Waals surface area contributed by atoms with Gasteiger partial charge < -0.3 is 25.7 Å². The SMILES string of the molecule is COc1ccc(/C=C/CONC(=O)c2ccc3[nH]c4c(c3c2)CC(N)CC4)cc1.O=C(O)C(=O)O. The van der Waals surface area contributed by atoms with E-state index in [1.54, 1.807) is 13.2 Å². The predicted octanol–water partition coefficient (Wildman–Crippen LogP) is 2.52. The number of carboxylic acids is 2. The maximum absolute atomic E-state index is 12.4. The minimum atomic E-state index is -1.82. The van der Waals surface area contributed by atoms with Gasteiger partial charge in [0.2, 0.25) is 0 Å². The van der Waals surface area contributed by atoms with Crippen LogP contribution < -0.4 is 16.0 Å². The van der Waals surface area contributed by atoms with Crippen molar-refractivity contribution in [1.82, 2.24) is 10.5 Å². The number of hydrogen-bond donors (Lipinski definition) is 5. The van der Waals surface area contributed by atoms with Crippen LogP contribution in [-0.2, 0) is 27.3 Å². The molecule has 0 spiro atoms. The summed E-state index contributed by atoms with van der Waals surface area (Å²) in [5, 5.41) is 15.9. The van der Waals surface area contributed by atoms with Gasteiger partial charge >= 0.3 is 11.9 Å². The molecule has 1 atom stereocenters. The summed E-state index contributed by atoms with van der Waals surface area (Å²) in [4.78, 5) is 39.4. The maximum atomic E-state index is 12.4. The number of benzene rings is 2. The number of amides is 1. The number of ether oxygens (including phenoxy) is 1. The van der Waals surface area contributed by atoms with Gasteiger partial charge in [-0.15, -0.1) is 0 Å². The van der Waals surface area contributed by atoms with Crippen molar-refractivity contribution >= 4 is 34.8 Å².